The van der Waals surface area contributed by atoms with E-state index in [4.69, 9.17) is 0 Å². The molecule has 1 rings (SSSR count). The molecule has 0 aliphatic carbocycles. The highest BCUT2D eigenvalue weighted by molar-refractivity contribution is 7.80. The summed E-state index contributed by atoms with van der Waals surface area (Å²) in [6, 6.07) is 6.27. The summed E-state index contributed by atoms with van der Waals surface area (Å²) in [6.45, 7) is 16.7. The van der Waals surface area contributed by atoms with Crippen LogP contribution in [0.2, 0.25) is 0 Å². The van der Waals surface area contributed by atoms with Crippen molar-refractivity contribution in [2.45, 2.75) is 52.9 Å². The van der Waals surface area contributed by atoms with Gasteiger partial charge in [-0.2, -0.15) is 0 Å². The second-order valence-electron chi connectivity index (χ2n) is 6.52. The number of hydrogen-bond donors (Lipinski definition) is 1. The molecule has 128 valence electrons. The lowest BCUT2D eigenvalue weighted by Gasteiger charge is -2.05. The molecule has 0 atom stereocenters. The minimum Gasteiger partial charge on any atom is -0.143 e. The first-order valence-electron chi connectivity index (χ1n) is 8.36. The maximum atomic E-state index is 4.49. The average molecular weight is 339 g/mol. The normalized spacial score (nSPS) is 14.1. The van der Waals surface area contributed by atoms with E-state index in [0.29, 0.717) is 0 Å². The van der Waals surface area contributed by atoms with Gasteiger partial charge in [-0.15, -0.1) is 12.6 Å². The smallest absolute Gasteiger partial charge is 0.00720 e. The molecule has 0 aromatic heterocycles. The topological polar surface area (TPSA) is 0 Å². The van der Waals surface area contributed by atoms with Gasteiger partial charge in [0.1, 0.15) is 0 Å². The summed E-state index contributed by atoms with van der Waals surface area (Å²) >= 11 is 4.49. The first-order chi connectivity index (χ1) is 11.2. The Balaban J connectivity index is 2.81. The predicted octanol–water partition coefficient (Wildman–Crippen LogP) is 7.19. The third-order valence-corrected chi connectivity index (χ3v) is 4.83. The van der Waals surface area contributed by atoms with Crippen LogP contribution >= 0.6 is 12.6 Å². The van der Waals surface area contributed by atoms with Crippen LogP contribution in [0.5, 0.6) is 0 Å². The molecule has 0 fully saturated rings. The third-order valence-electron chi connectivity index (χ3n) is 4.35. The van der Waals surface area contributed by atoms with Gasteiger partial charge in [-0.25, -0.2) is 0 Å². The Labute approximate surface area is 153 Å². The third kappa shape index (κ3) is 6.41. The van der Waals surface area contributed by atoms with Crippen LogP contribution in [0.4, 0.5) is 0 Å². The maximum absolute atomic E-state index is 4.49. The molecule has 1 heteroatoms. The summed E-state index contributed by atoms with van der Waals surface area (Å²) in [5.41, 5.74) is 8.77. The molecule has 0 radical (unpaired) electrons. The number of hydrogen-bond acceptors (Lipinski definition) is 1. The van der Waals surface area contributed by atoms with Gasteiger partial charge in [0.25, 0.3) is 0 Å². The Morgan fingerprint density at radius 3 is 2.29 bits per heavy atom. The summed E-state index contributed by atoms with van der Waals surface area (Å²) in [5.74, 6) is 0. The molecule has 24 heavy (non-hydrogen) atoms. The summed E-state index contributed by atoms with van der Waals surface area (Å²) in [7, 11) is 0. The molecular weight excluding hydrogens is 308 g/mol. The second-order valence-corrected chi connectivity index (χ2v) is 7.01. The Morgan fingerprint density at radius 1 is 1.04 bits per heavy atom. The molecule has 0 heterocycles. The van der Waals surface area contributed by atoms with Crippen LogP contribution in [0.25, 0.3) is 0 Å². The van der Waals surface area contributed by atoms with Gasteiger partial charge in [0.05, 0.1) is 0 Å². The van der Waals surface area contributed by atoms with Gasteiger partial charge in [0, 0.05) is 4.90 Å². The number of benzene rings is 1. The van der Waals surface area contributed by atoms with Crippen LogP contribution in [0, 0.1) is 6.92 Å². The van der Waals surface area contributed by atoms with Gasteiger partial charge >= 0.3 is 0 Å². The number of allylic oxidation sites excluding steroid dienone is 9. The first-order valence-corrected chi connectivity index (χ1v) is 8.81. The van der Waals surface area contributed by atoms with Gasteiger partial charge in [-0.05, 0) is 76.3 Å². The molecule has 0 aliphatic heterocycles. The van der Waals surface area contributed by atoms with Crippen LogP contribution < -0.4 is 0 Å². The highest BCUT2D eigenvalue weighted by Gasteiger charge is 1.99. The summed E-state index contributed by atoms with van der Waals surface area (Å²) in [6.07, 6.45) is 9.76. The summed E-state index contributed by atoms with van der Waals surface area (Å²) < 4.78 is 0. The fourth-order valence-corrected chi connectivity index (χ4v) is 2.56. The van der Waals surface area contributed by atoms with E-state index in [2.05, 4.69) is 90.3 Å². The molecule has 0 aliphatic rings. The zero-order valence-electron chi connectivity index (χ0n) is 15.9. The number of thiol groups is 1. The van der Waals surface area contributed by atoms with Crippen molar-refractivity contribution in [3.05, 3.63) is 88.1 Å². The molecule has 0 N–H and O–H groups in total. The molecule has 0 amide bonds. The Morgan fingerprint density at radius 2 is 1.67 bits per heavy atom. The van der Waals surface area contributed by atoms with Crippen molar-refractivity contribution in [3.8, 4) is 0 Å². The average Bonchev–Trinajstić information content (AvgIpc) is 2.53. The summed E-state index contributed by atoms with van der Waals surface area (Å²) in [5, 5.41) is 0. The van der Waals surface area contributed by atoms with Gasteiger partial charge in [0.15, 0.2) is 0 Å². The molecule has 0 saturated heterocycles. The Kier molecular flexibility index (Phi) is 8.07. The molecular formula is C23H30S. The zero-order chi connectivity index (χ0) is 18.3. The largest absolute Gasteiger partial charge is 0.143 e. The van der Waals surface area contributed by atoms with Crippen molar-refractivity contribution < 1.29 is 0 Å². The van der Waals surface area contributed by atoms with E-state index in [-0.39, 0.29) is 0 Å². The van der Waals surface area contributed by atoms with Crippen LogP contribution in [-0.2, 0) is 6.42 Å². The molecule has 1 aromatic rings. The second kappa shape index (κ2) is 9.54. The Bertz CT molecular complexity index is 724. The molecule has 0 unspecified atom stereocenters. The van der Waals surface area contributed by atoms with Crippen molar-refractivity contribution in [2.24, 2.45) is 0 Å². The lowest BCUT2D eigenvalue weighted by atomic mass is 10.0. The zero-order valence-corrected chi connectivity index (χ0v) is 16.8. The van der Waals surface area contributed by atoms with E-state index < -0.39 is 0 Å². The monoisotopic (exact) mass is 338 g/mol. The van der Waals surface area contributed by atoms with E-state index in [9.17, 15) is 0 Å². The van der Waals surface area contributed by atoms with Crippen molar-refractivity contribution in [3.63, 3.8) is 0 Å². The van der Waals surface area contributed by atoms with Gasteiger partial charge in [-0.1, -0.05) is 59.7 Å². The fourth-order valence-electron chi connectivity index (χ4n) is 2.33. The van der Waals surface area contributed by atoms with Crippen molar-refractivity contribution >= 4 is 12.6 Å². The SMILES string of the molecule is C=C(C)/C(C)=C(C)/C=C(C)\C=C/C(C)=C/Cc1cccc(S)c1C. The van der Waals surface area contributed by atoms with E-state index in [1.165, 1.54) is 33.4 Å². The lowest BCUT2D eigenvalue weighted by Crippen LogP contribution is -1.88. The van der Waals surface area contributed by atoms with E-state index in [1.807, 2.05) is 13.0 Å². The minimum absolute atomic E-state index is 0.937. The van der Waals surface area contributed by atoms with Crippen molar-refractivity contribution in [1.82, 2.24) is 0 Å². The molecule has 0 spiro atoms. The van der Waals surface area contributed by atoms with Gasteiger partial charge in [-0.3, -0.25) is 0 Å². The maximum Gasteiger partial charge on any atom is 0.00720 e. The highest BCUT2D eigenvalue weighted by Crippen LogP contribution is 2.18. The predicted molar refractivity (Wildman–Crippen MR) is 112 cm³/mol. The highest BCUT2D eigenvalue weighted by atomic mass is 32.1. The molecule has 0 bridgehead atoms. The van der Waals surface area contributed by atoms with Crippen molar-refractivity contribution in [2.75, 3.05) is 0 Å². The van der Waals surface area contributed by atoms with E-state index >= 15 is 0 Å². The fraction of sp³-hybridized carbons (Fsp3) is 0.304. The van der Waals surface area contributed by atoms with Crippen LogP contribution in [0.1, 0.15) is 45.7 Å². The van der Waals surface area contributed by atoms with Crippen LogP contribution in [-0.4, -0.2) is 0 Å². The Hall–Kier alpha value is -1.73. The van der Waals surface area contributed by atoms with Gasteiger partial charge in [0.2, 0.25) is 0 Å². The van der Waals surface area contributed by atoms with Gasteiger partial charge < -0.3 is 0 Å². The molecule has 1 aromatic carbocycles. The molecule has 0 nitrogen and oxygen atoms in total. The summed E-state index contributed by atoms with van der Waals surface area (Å²) in [4.78, 5) is 1.06. The van der Waals surface area contributed by atoms with Crippen molar-refractivity contribution in [1.29, 1.82) is 0 Å². The number of rotatable bonds is 6. The minimum atomic E-state index is 0.937. The lowest BCUT2D eigenvalue weighted by molar-refractivity contribution is 1.15. The first kappa shape index (κ1) is 20.3. The van der Waals surface area contributed by atoms with Crippen LogP contribution in [0.15, 0.2) is 81.8 Å². The quantitative estimate of drug-likeness (QED) is 0.412. The molecule has 0 saturated carbocycles. The van der Waals surface area contributed by atoms with E-state index in [1.54, 1.807) is 0 Å². The van der Waals surface area contributed by atoms with Crippen LogP contribution in [0.3, 0.4) is 0 Å². The van der Waals surface area contributed by atoms with E-state index in [0.717, 1.165) is 16.9 Å². The standard InChI is InChI=1S/C23H30S/c1-16(2)20(6)19(5)15-18(4)12-11-17(3)13-14-22-9-8-10-23(24)21(22)7/h8-13,15,24H,1,14H2,2-7H3/b12-11-,17-13+,18-15-,20-19+.